The molecule has 5 heteroatoms. The second kappa shape index (κ2) is 5.87. The molecule has 0 aliphatic rings. The normalized spacial score (nSPS) is 10.9. The number of phenols is 1. The molecule has 1 heterocycles. The highest BCUT2D eigenvalue weighted by atomic mass is 16.3. The van der Waals surface area contributed by atoms with Gasteiger partial charge < -0.3 is 5.11 Å². The van der Waals surface area contributed by atoms with Gasteiger partial charge in [-0.1, -0.05) is 47.7 Å². The zero-order valence-corrected chi connectivity index (χ0v) is 13.5. The lowest BCUT2D eigenvalue weighted by Crippen LogP contribution is -2.01. The summed E-state index contributed by atoms with van der Waals surface area (Å²) < 4.78 is 1.41. The van der Waals surface area contributed by atoms with Crippen molar-refractivity contribution in [3.63, 3.8) is 0 Å². The Labute approximate surface area is 144 Å². The number of aromatic nitrogens is 3. The van der Waals surface area contributed by atoms with Crippen LogP contribution in [0.4, 0.5) is 0 Å². The van der Waals surface area contributed by atoms with Gasteiger partial charge in [0.05, 0.1) is 6.20 Å². The topological polar surface area (TPSA) is 68.0 Å². The van der Waals surface area contributed by atoms with Crippen molar-refractivity contribution in [2.45, 2.75) is 6.92 Å². The van der Waals surface area contributed by atoms with E-state index in [2.05, 4.69) is 10.3 Å². The Morgan fingerprint density at radius 1 is 1.00 bits per heavy atom. The van der Waals surface area contributed by atoms with Crippen molar-refractivity contribution in [3.05, 3.63) is 83.7 Å². The van der Waals surface area contributed by atoms with Gasteiger partial charge in [0.15, 0.2) is 5.69 Å². The maximum absolute atomic E-state index is 12.7. The number of rotatable bonds is 3. The molecule has 3 aromatic carbocycles. The van der Waals surface area contributed by atoms with Crippen LogP contribution in [0.2, 0.25) is 0 Å². The Morgan fingerprint density at radius 2 is 1.80 bits per heavy atom. The van der Waals surface area contributed by atoms with Gasteiger partial charge in [0.1, 0.15) is 11.4 Å². The summed E-state index contributed by atoms with van der Waals surface area (Å²) >= 11 is 0. The Kier molecular flexibility index (Phi) is 3.54. The summed E-state index contributed by atoms with van der Waals surface area (Å²) in [6, 6.07) is 18.6. The number of nitrogens with zero attached hydrogens (tertiary/aromatic N) is 3. The zero-order valence-electron chi connectivity index (χ0n) is 13.5. The number of ketones is 1. The average Bonchev–Trinajstić information content (AvgIpc) is 3.12. The summed E-state index contributed by atoms with van der Waals surface area (Å²) in [6.07, 6.45) is 1.53. The van der Waals surface area contributed by atoms with E-state index in [4.69, 9.17) is 0 Å². The minimum Gasteiger partial charge on any atom is -0.506 e. The highest BCUT2D eigenvalue weighted by Gasteiger charge is 2.15. The van der Waals surface area contributed by atoms with E-state index in [1.807, 2.05) is 43.3 Å². The number of carbonyl (C=O) groups is 1. The molecule has 4 aromatic rings. The lowest BCUT2D eigenvalue weighted by atomic mass is 10.0. The van der Waals surface area contributed by atoms with Crippen LogP contribution < -0.4 is 0 Å². The highest BCUT2D eigenvalue weighted by molar-refractivity contribution is 6.09. The first-order chi connectivity index (χ1) is 12.1. The molecule has 0 aliphatic carbocycles. The fraction of sp³-hybridized carbons (Fsp3) is 0.0500. The number of phenolic OH excluding ortho intramolecular Hbond substituents is 1. The third-order valence-corrected chi connectivity index (χ3v) is 4.12. The quantitative estimate of drug-likeness (QED) is 0.582. The average molecular weight is 329 g/mol. The van der Waals surface area contributed by atoms with Crippen molar-refractivity contribution in [1.82, 2.24) is 15.0 Å². The van der Waals surface area contributed by atoms with Gasteiger partial charge in [-0.05, 0) is 41.5 Å². The van der Waals surface area contributed by atoms with Crippen LogP contribution in [0.5, 0.6) is 5.75 Å². The van der Waals surface area contributed by atoms with Crippen molar-refractivity contribution >= 4 is 16.6 Å². The summed E-state index contributed by atoms with van der Waals surface area (Å²) in [5.74, 6) is -0.121. The largest absolute Gasteiger partial charge is 0.506 e. The van der Waals surface area contributed by atoms with E-state index in [0.29, 0.717) is 11.3 Å². The number of aromatic hydroxyl groups is 1. The summed E-state index contributed by atoms with van der Waals surface area (Å²) in [6.45, 7) is 1.92. The number of hydrogen-bond acceptors (Lipinski definition) is 4. The van der Waals surface area contributed by atoms with Gasteiger partial charge in [0.25, 0.3) is 0 Å². The van der Waals surface area contributed by atoms with Crippen molar-refractivity contribution in [2.75, 3.05) is 0 Å². The second-order valence-electron chi connectivity index (χ2n) is 5.93. The van der Waals surface area contributed by atoms with E-state index in [1.165, 1.54) is 10.9 Å². The lowest BCUT2D eigenvalue weighted by molar-refractivity contribution is 0.103. The summed E-state index contributed by atoms with van der Waals surface area (Å²) in [4.78, 5) is 12.7. The number of benzene rings is 3. The predicted octanol–water partition coefficient (Wildman–Crippen LogP) is 3.67. The minimum absolute atomic E-state index is 0.0835. The fourth-order valence-corrected chi connectivity index (χ4v) is 2.78. The maximum Gasteiger partial charge on any atom is 0.214 e. The molecule has 1 aromatic heterocycles. The Morgan fingerprint density at radius 3 is 2.64 bits per heavy atom. The van der Waals surface area contributed by atoms with Crippen molar-refractivity contribution in [2.24, 2.45) is 0 Å². The van der Waals surface area contributed by atoms with E-state index in [-0.39, 0.29) is 17.2 Å². The third kappa shape index (κ3) is 2.76. The molecule has 0 bridgehead atoms. The summed E-state index contributed by atoms with van der Waals surface area (Å²) in [5.41, 5.74) is 2.26. The van der Waals surface area contributed by atoms with Gasteiger partial charge in [0, 0.05) is 5.56 Å². The van der Waals surface area contributed by atoms with Gasteiger partial charge >= 0.3 is 0 Å². The zero-order chi connectivity index (χ0) is 17.4. The van der Waals surface area contributed by atoms with E-state index >= 15 is 0 Å². The molecule has 0 amide bonds. The molecule has 0 saturated heterocycles. The molecule has 25 heavy (non-hydrogen) atoms. The van der Waals surface area contributed by atoms with E-state index < -0.39 is 0 Å². The molecule has 0 aliphatic heterocycles. The first-order valence-electron chi connectivity index (χ1n) is 7.88. The molecule has 0 atom stereocenters. The van der Waals surface area contributed by atoms with Crippen molar-refractivity contribution < 1.29 is 9.90 Å². The van der Waals surface area contributed by atoms with Crippen LogP contribution in [0.25, 0.3) is 16.5 Å². The minimum atomic E-state index is -0.204. The smallest absolute Gasteiger partial charge is 0.214 e. The van der Waals surface area contributed by atoms with E-state index in [9.17, 15) is 9.90 Å². The SMILES string of the molecule is Cc1ccc(O)c(-n2cc(C(=O)c3ccc4ccccc4c3)nn2)c1. The Balaban J connectivity index is 1.71. The summed E-state index contributed by atoms with van der Waals surface area (Å²) in [5, 5.41) is 20.0. The molecule has 1 N–H and O–H groups in total. The van der Waals surface area contributed by atoms with Crippen LogP contribution in [0, 0.1) is 6.92 Å². The number of hydrogen-bond donors (Lipinski definition) is 1. The number of carbonyl (C=O) groups excluding carboxylic acids is 1. The molecule has 0 fully saturated rings. The maximum atomic E-state index is 12.7. The Bertz CT molecular complexity index is 1100. The molecule has 0 saturated carbocycles. The first kappa shape index (κ1) is 15.1. The molecule has 122 valence electrons. The van der Waals surface area contributed by atoms with Crippen LogP contribution in [0.1, 0.15) is 21.6 Å². The van der Waals surface area contributed by atoms with E-state index in [0.717, 1.165) is 16.3 Å². The highest BCUT2D eigenvalue weighted by Crippen LogP contribution is 2.23. The van der Waals surface area contributed by atoms with Crippen molar-refractivity contribution in [3.8, 4) is 11.4 Å². The third-order valence-electron chi connectivity index (χ3n) is 4.12. The van der Waals surface area contributed by atoms with Gasteiger partial charge in [0.2, 0.25) is 5.78 Å². The molecule has 4 rings (SSSR count). The van der Waals surface area contributed by atoms with Crippen molar-refractivity contribution in [1.29, 1.82) is 0 Å². The lowest BCUT2D eigenvalue weighted by Gasteiger charge is -2.04. The number of fused-ring (bicyclic) bond motifs is 1. The standard InChI is InChI=1S/C20H15N3O2/c1-13-6-9-19(24)18(10-13)23-12-17(21-22-23)20(25)16-8-7-14-4-2-3-5-15(14)11-16/h2-12,24H,1H3. The molecular formula is C20H15N3O2. The van der Waals surface area contributed by atoms with Crippen LogP contribution in [0.15, 0.2) is 66.9 Å². The molecule has 0 radical (unpaired) electrons. The predicted molar refractivity (Wildman–Crippen MR) is 95.1 cm³/mol. The Hall–Kier alpha value is -3.47. The van der Waals surface area contributed by atoms with Crippen LogP contribution in [0.3, 0.4) is 0 Å². The van der Waals surface area contributed by atoms with Crippen LogP contribution in [-0.4, -0.2) is 25.9 Å². The fourth-order valence-electron chi connectivity index (χ4n) is 2.78. The summed E-state index contributed by atoms with van der Waals surface area (Å²) in [7, 11) is 0. The monoisotopic (exact) mass is 329 g/mol. The molecular weight excluding hydrogens is 314 g/mol. The van der Waals surface area contributed by atoms with Gasteiger partial charge in [-0.15, -0.1) is 5.10 Å². The number of aryl methyl sites for hydroxylation is 1. The van der Waals surface area contributed by atoms with Gasteiger partial charge in [-0.25, -0.2) is 4.68 Å². The van der Waals surface area contributed by atoms with Crippen LogP contribution >= 0.6 is 0 Å². The molecule has 0 spiro atoms. The first-order valence-corrected chi connectivity index (χ1v) is 7.88. The molecule has 5 nitrogen and oxygen atoms in total. The molecule has 0 unspecified atom stereocenters. The van der Waals surface area contributed by atoms with Crippen LogP contribution in [-0.2, 0) is 0 Å². The second-order valence-corrected chi connectivity index (χ2v) is 5.93. The van der Waals surface area contributed by atoms with E-state index in [1.54, 1.807) is 24.3 Å². The van der Waals surface area contributed by atoms with Gasteiger partial charge in [-0.2, -0.15) is 0 Å². The van der Waals surface area contributed by atoms with Gasteiger partial charge in [-0.3, -0.25) is 4.79 Å².